The summed E-state index contributed by atoms with van der Waals surface area (Å²) in [5.41, 5.74) is 0. The van der Waals surface area contributed by atoms with Crippen LogP contribution in [-0.4, -0.2) is 62.0 Å². The predicted octanol–water partition coefficient (Wildman–Crippen LogP) is 1.57. The van der Waals surface area contributed by atoms with Crippen LogP contribution in [0.1, 0.15) is 39.5 Å². The molecular formula is C15H31N3O. The van der Waals surface area contributed by atoms with E-state index in [-0.39, 0.29) is 0 Å². The van der Waals surface area contributed by atoms with Crippen molar-refractivity contribution in [2.24, 2.45) is 5.92 Å². The molecule has 19 heavy (non-hydrogen) atoms. The molecule has 0 bridgehead atoms. The minimum absolute atomic E-state index is 0.316. The summed E-state index contributed by atoms with van der Waals surface area (Å²) in [6.45, 7) is 9.96. The summed E-state index contributed by atoms with van der Waals surface area (Å²) in [5, 5.41) is 3.25. The molecule has 1 N–H and O–H groups in total. The number of rotatable bonds is 8. The van der Waals surface area contributed by atoms with Crippen molar-refractivity contribution in [3.63, 3.8) is 0 Å². The number of piperidine rings is 1. The van der Waals surface area contributed by atoms with Crippen molar-refractivity contribution in [2.75, 3.05) is 46.3 Å². The molecule has 0 atom stereocenters. The van der Waals surface area contributed by atoms with Crippen molar-refractivity contribution in [1.82, 2.24) is 15.1 Å². The molecule has 1 aliphatic heterocycles. The first kappa shape index (κ1) is 16.4. The van der Waals surface area contributed by atoms with Crippen LogP contribution in [-0.2, 0) is 4.79 Å². The van der Waals surface area contributed by atoms with Crippen LogP contribution in [0.4, 0.5) is 0 Å². The zero-order valence-corrected chi connectivity index (χ0v) is 13.0. The fourth-order valence-corrected chi connectivity index (χ4v) is 2.83. The van der Waals surface area contributed by atoms with Gasteiger partial charge in [-0.25, -0.2) is 0 Å². The maximum absolute atomic E-state index is 12.3. The fourth-order valence-electron chi connectivity index (χ4n) is 2.83. The van der Waals surface area contributed by atoms with E-state index in [1.807, 2.05) is 11.9 Å². The zero-order valence-electron chi connectivity index (χ0n) is 13.0. The maximum atomic E-state index is 12.3. The Morgan fingerprint density at radius 3 is 2.26 bits per heavy atom. The van der Waals surface area contributed by atoms with E-state index in [1.165, 1.54) is 12.8 Å². The maximum Gasteiger partial charge on any atom is 0.236 e. The van der Waals surface area contributed by atoms with Gasteiger partial charge in [0, 0.05) is 13.1 Å². The van der Waals surface area contributed by atoms with Crippen LogP contribution in [0.3, 0.4) is 0 Å². The molecule has 0 spiro atoms. The van der Waals surface area contributed by atoms with E-state index in [9.17, 15) is 4.79 Å². The highest BCUT2D eigenvalue weighted by Crippen LogP contribution is 2.16. The summed E-state index contributed by atoms with van der Waals surface area (Å²) in [6, 6.07) is 0. The molecule has 1 rings (SSSR count). The van der Waals surface area contributed by atoms with E-state index < -0.39 is 0 Å². The van der Waals surface area contributed by atoms with Crippen LogP contribution in [0.2, 0.25) is 0 Å². The quantitative estimate of drug-likeness (QED) is 0.726. The lowest BCUT2D eigenvalue weighted by Crippen LogP contribution is -2.44. The topological polar surface area (TPSA) is 35.6 Å². The Morgan fingerprint density at radius 2 is 1.79 bits per heavy atom. The van der Waals surface area contributed by atoms with Crippen LogP contribution in [0.15, 0.2) is 0 Å². The highest BCUT2D eigenvalue weighted by molar-refractivity contribution is 5.78. The second-order valence-electron chi connectivity index (χ2n) is 5.66. The largest absolute Gasteiger partial charge is 0.342 e. The lowest BCUT2D eigenvalue weighted by Gasteiger charge is -2.33. The minimum atomic E-state index is 0.316. The van der Waals surface area contributed by atoms with Gasteiger partial charge in [-0.15, -0.1) is 0 Å². The average Bonchev–Trinajstić information content (AvgIpc) is 2.41. The zero-order chi connectivity index (χ0) is 14.1. The molecule has 112 valence electrons. The number of hydrogen-bond acceptors (Lipinski definition) is 3. The van der Waals surface area contributed by atoms with Crippen molar-refractivity contribution in [1.29, 1.82) is 0 Å². The van der Waals surface area contributed by atoms with Gasteiger partial charge in [-0.2, -0.15) is 0 Å². The Kier molecular flexibility index (Phi) is 8.07. The summed E-state index contributed by atoms with van der Waals surface area (Å²) >= 11 is 0. The van der Waals surface area contributed by atoms with Crippen molar-refractivity contribution in [3.05, 3.63) is 0 Å². The first-order chi connectivity index (χ1) is 9.21. The molecule has 0 unspecified atom stereocenters. The minimum Gasteiger partial charge on any atom is -0.342 e. The van der Waals surface area contributed by atoms with Gasteiger partial charge in [0.2, 0.25) is 5.91 Å². The third-order valence-corrected chi connectivity index (χ3v) is 3.90. The Bertz CT molecular complexity index is 244. The van der Waals surface area contributed by atoms with Gasteiger partial charge in [0.15, 0.2) is 0 Å². The van der Waals surface area contributed by atoms with Crippen molar-refractivity contribution < 1.29 is 4.79 Å². The molecule has 0 aromatic carbocycles. The normalized spacial score (nSPS) is 17.6. The van der Waals surface area contributed by atoms with Crippen LogP contribution in [0.25, 0.3) is 0 Å². The molecule has 0 aromatic heterocycles. The van der Waals surface area contributed by atoms with E-state index in [1.54, 1.807) is 0 Å². The first-order valence-corrected chi connectivity index (χ1v) is 7.85. The van der Waals surface area contributed by atoms with Crippen molar-refractivity contribution >= 4 is 5.91 Å². The van der Waals surface area contributed by atoms with Crippen LogP contribution < -0.4 is 5.32 Å². The second-order valence-corrected chi connectivity index (χ2v) is 5.66. The van der Waals surface area contributed by atoms with E-state index in [4.69, 9.17) is 0 Å². The summed E-state index contributed by atoms with van der Waals surface area (Å²) in [7, 11) is 2.02. The van der Waals surface area contributed by atoms with Crippen molar-refractivity contribution in [3.8, 4) is 0 Å². The Labute approximate surface area is 118 Å². The smallest absolute Gasteiger partial charge is 0.236 e. The number of amides is 1. The standard InChI is InChI=1S/C15H31N3O/c1-4-8-18(9-5-2)15(19)13-17-10-6-14(7-11-17)12-16-3/h14,16H,4-13H2,1-3H3. The number of carbonyl (C=O) groups excluding carboxylic acids is 1. The van der Waals surface area contributed by atoms with Crippen LogP contribution >= 0.6 is 0 Å². The highest BCUT2D eigenvalue weighted by Gasteiger charge is 2.22. The number of carbonyl (C=O) groups is 1. The van der Waals surface area contributed by atoms with Crippen LogP contribution in [0.5, 0.6) is 0 Å². The molecule has 1 heterocycles. The second kappa shape index (κ2) is 9.32. The Balaban J connectivity index is 2.32. The van der Waals surface area contributed by atoms with E-state index in [2.05, 4.69) is 24.1 Å². The number of hydrogen-bond donors (Lipinski definition) is 1. The van der Waals surface area contributed by atoms with Gasteiger partial charge < -0.3 is 10.2 Å². The molecule has 0 saturated carbocycles. The summed E-state index contributed by atoms with van der Waals surface area (Å²) in [4.78, 5) is 16.6. The molecule has 0 aromatic rings. The van der Waals surface area contributed by atoms with E-state index in [0.29, 0.717) is 12.5 Å². The summed E-state index contributed by atoms with van der Waals surface area (Å²) in [5.74, 6) is 1.11. The first-order valence-electron chi connectivity index (χ1n) is 7.85. The van der Waals surface area contributed by atoms with Gasteiger partial charge in [-0.3, -0.25) is 9.69 Å². The van der Waals surface area contributed by atoms with Gasteiger partial charge in [0.05, 0.1) is 6.54 Å². The van der Waals surface area contributed by atoms with E-state index in [0.717, 1.165) is 51.5 Å². The Morgan fingerprint density at radius 1 is 1.21 bits per heavy atom. The third kappa shape index (κ3) is 5.91. The molecule has 0 aliphatic carbocycles. The number of likely N-dealkylation sites (tertiary alicyclic amines) is 1. The lowest BCUT2D eigenvalue weighted by atomic mass is 9.97. The molecule has 4 nitrogen and oxygen atoms in total. The summed E-state index contributed by atoms with van der Waals surface area (Å²) < 4.78 is 0. The molecular weight excluding hydrogens is 238 g/mol. The van der Waals surface area contributed by atoms with Crippen LogP contribution in [0, 0.1) is 5.92 Å². The Hall–Kier alpha value is -0.610. The average molecular weight is 269 g/mol. The molecule has 1 fully saturated rings. The SMILES string of the molecule is CCCN(CCC)C(=O)CN1CCC(CNC)CC1. The molecule has 1 aliphatic rings. The number of nitrogens with zero attached hydrogens (tertiary/aromatic N) is 2. The van der Waals surface area contributed by atoms with Crippen molar-refractivity contribution in [2.45, 2.75) is 39.5 Å². The molecule has 0 radical (unpaired) electrons. The van der Waals surface area contributed by atoms with Gasteiger partial charge in [-0.1, -0.05) is 13.8 Å². The third-order valence-electron chi connectivity index (χ3n) is 3.90. The van der Waals surface area contributed by atoms with E-state index >= 15 is 0 Å². The summed E-state index contributed by atoms with van der Waals surface area (Å²) in [6.07, 6.45) is 4.54. The van der Waals surface area contributed by atoms with Gasteiger partial charge in [0.1, 0.15) is 0 Å². The number of nitrogens with one attached hydrogen (secondary N) is 1. The molecule has 1 amide bonds. The van der Waals surface area contributed by atoms with Gasteiger partial charge in [-0.05, 0) is 58.3 Å². The molecule has 4 heteroatoms. The lowest BCUT2D eigenvalue weighted by molar-refractivity contribution is -0.132. The highest BCUT2D eigenvalue weighted by atomic mass is 16.2. The molecule has 1 saturated heterocycles. The van der Waals surface area contributed by atoms with Gasteiger partial charge >= 0.3 is 0 Å². The monoisotopic (exact) mass is 269 g/mol. The van der Waals surface area contributed by atoms with Gasteiger partial charge in [0.25, 0.3) is 0 Å². The predicted molar refractivity (Wildman–Crippen MR) is 80.3 cm³/mol. The fraction of sp³-hybridized carbons (Fsp3) is 0.933.